The summed E-state index contributed by atoms with van der Waals surface area (Å²) in [6.45, 7) is 1.96. The number of aryl methyl sites for hydroxylation is 1. The first-order chi connectivity index (χ1) is 11.0. The molecule has 0 aliphatic heterocycles. The zero-order valence-corrected chi connectivity index (χ0v) is 13.8. The van der Waals surface area contributed by atoms with Crippen molar-refractivity contribution in [3.05, 3.63) is 58.1 Å². The van der Waals surface area contributed by atoms with Crippen LogP contribution in [0, 0.1) is 6.92 Å². The summed E-state index contributed by atoms with van der Waals surface area (Å²) in [6.07, 6.45) is 1.45. The van der Waals surface area contributed by atoms with Crippen LogP contribution in [-0.2, 0) is 0 Å². The molecule has 2 aromatic rings. The van der Waals surface area contributed by atoms with E-state index in [0.717, 1.165) is 5.56 Å². The fraction of sp³-hybridized carbons (Fsp3) is 0.176. The summed E-state index contributed by atoms with van der Waals surface area (Å²) >= 11 is 6.15. The molecule has 0 radical (unpaired) electrons. The Bertz CT molecular complexity index is 727. The molecule has 0 aliphatic carbocycles. The summed E-state index contributed by atoms with van der Waals surface area (Å²) in [4.78, 5) is 12.0. The summed E-state index contributed by atoms with van der Waals surface area (Å²) in [6, 6.07) is 10.5. The first-order valence-electron chi connectivity index (χ1n) is 6.86. The molecule has 0 aromatic heterocycles. The van der Waals surface area contributed by atoms with Gasteiger partial charge in [0.2, 0.25) is 0 Å². The van der Waals surface area contributed by atoms with E-state index in [1.54, 1.807) is 24.3 Å². The fourth-order valence-electron chi connectivity index (χ4n) is 1.90. The van der Waals surface area contributed by atoms with Crippen LogP contribution in [0.15, 0.2) is 41.5 Å². The Morgan fingerprint density at radius 3 is 2.35 bits per heavy atom. The molecule has 120 valence electrons. The number of carbonyl (C=O) groups excluding carboxylic acids is 1. The molecule has 0 heterocycles. The van der Waals surface area contributed by atoms with Crippen molar-refractivity contribution in [2.75, 3.05) is 14.2 Å². The van der Waals surface area contributed by atoms with Gasteiger partial charge in [-0.3, -0.25) is 4.79 Å². The van der Waals surface area contributed by atoms with Crippen molar-refractivity contribution >= 4 is 23.7 Å². The molecule has 1 N–H and O–H groups in total. The Kier molecular flexibility index (Phi) is 5.60. The van der Waals surface area contributed by atoms with E-state index < -0.39 is 0 Å². The molecule has 0 bridgehead atoms. The Morgan fingerprint density at radius 1 is 1.13 bits per heavy atom. The number of ether oxygens (including phenoxy) is 2. The number of nitrogens with zero attached hydrogens (tertiary/aromatic N) is 1. The van der Waals surface area contributed by atoms with Crippen LogP contribution in [0.25, 0.3) is 0 Å². The van der Waals surface area contributed by atoms with Gasteiger partial charge in [0, 0.05) is 17.2 Å². The largest absolute Gasteiger partial charge is 0.493 e. The van der Waals surface area contributed by atoms with Gasteiger partial charge in [0.15, 0.2) is 11.5 Å². The van der Waals surface area contributed by atoms with Crippen LogP contribution in [0.5, 0.6) is 11.5 Å². The molecular weight excluding hydrogens is 316 g/mol. The van der Waals surface area contributed by atoms with E-state index in [0.29, 0.717) is 27.6 Å². The van der Waals surface area contributed by atoms with Crippen LogP contribution in [0.2, 0.25) is 5.02 Å². The van der Waals surface area contributed by atoms with Crippen molar-refractivity contribution in [1.82, 2.24) is 5.43 Å². The molecular formula is C17H17ClN2O3. The van der Waals surface area contributed by atoms with Crippen LogP contribution >= 0.6 is 11.6 Å². The molecule has 0 atom stereocenters. The van der Waals surface area contributed by atoms with Crippen LogP contribution < -0.4 is 14.9 Å². The van der Waals surface area contributed by atoms with Gasteiger partial charge in [-0.05, 0) is 25.1 Å². The third-order valence-electron chi connectivity index (χ3n) is 3.19. The van der Waals surface area contributed by atoms with Crippen molar-refractivity contribution in [2.24, 2.45) is 5.10 Å². The lowest BCUT2D eigenvalue weighted by atomic mass is 10.1. The molecule has 0 spiro atoms. The second-order valence-corrected chi connectivity index (χ2v) is 5.20. The molecule has 0 fully saturated rings. The third kappa shape index (κ3) is 4.23. The summed E-state index contributed by atoms with van der Waals surface area (Å²) in [5.41, 5.74) is 4.68. The monoisotopic (exact) mass is 332 g/mol. The summed E-state index contributed by atoms with van der Waals surface area (Å²) in [5, 5.41) is 4.37. The highest BCUT2D eigenvalue weighted by Gasteiger charge is 2.09. The van der Waals surface area contributed by atoms with Gasteiger partial charge in [-0.2, -0.15) is 5.10 Å². The summed E-state index contributed by atoms with van der Waals surface area (Å²) in [7, 11) is 3.07. The van der Waals surface area contributed by atoms with Crippen LogP contribution in [-0.4, -0.2) is 26.3 Å². The van der Waals surface area contributed by atoms with E-state index in [9.17, 15) is 4.79 Å². The molecule has 6 heteroatoms. The number of nitrogens with one attached hydrogen (secondary N) is 1. The zero-order chi connectivity index (χ0) is 16.8. The predicted molar refractivity (Wildman–Crippen MR) is 90.8 cm³/mol. The first-order valence-corrected chi connectivity index (χ1v) is 7.24. The van der Waals surface area contributed by atoms with Gasteiger partial charge in [0.05, 0.1) is 25.5 Å². The topological polar surface area (TPSA) is 59.9 Å². The standard InChI is InChI=1S/C17H17ClN2O3/c1-11-4-6-12(7-5-11)17(21)20-19-10-13-8-15(22-2)16(23-3)9-14(13)18/h4-10H,1-3H3,(H,20,21)/b19-10-. The molecule has 5 nitrogen and oxygen atoms in total. The normalized spacial score (nSPS) is 10.6. The summed E-state index contributed by atoms with van der Waals surface area (Å²) < 4.78 is 10.4. The molecule has 23 heavy (non-hydrogen) atoms. The maximum Gasteiger partial charge on any atom is 0.271 e. The molecule has 0 unspecified atom stereocenters. The minimum atomic E-state index is -0.294. The number of hydrogen-bond acceptors (Lipinski definition) is 4. The molecule has 1 amide bonds. The number of methoxy groups -OCH3 is 2. The molecule has 0 saturated carbocycles. The van der Waals surface area contributed by atoms with Crippen molar-refractivity contribution in [2.45, 2.75) is 6.92 Å². The van der Waals surface area contributed by atoms with E-state index in [1.807, 2.05) is 19.1 Å². The zero-order valence-electron chi connectivity index (χ0n) is 13.1. The first kappa shape index (κ1) is 16.8. The summed E-state index contributed by atoms with van der Waals surface area (Å²) in [5.74, 6) is 0.763. The Hall–Kier alpha value is -2.53. The van der Waals surface area contributed by atoms with Gasteiger partial charge in [0.1, 0.15) is 0 Å². The second-order valence-electron chi connectivity index (χ2n) is 4.79. The Labute approximate surface area is 139 Å². The number of halogens is 1. The third-order valence-corrected chi connectivity index (χ3v) is 3.51. The van der Waals surface area contributed by atoms with Gasteiger partial charge in [-0.15, -0.1) is 0 Å². The smallest absolute Gasteiger partial charge is 0.271 e. The van der Waals surface area contributed by atoms with Crippen molar-refractivity contribution in [1.29, 1.82) is 0 Å². The van der Waals surface area contributed by atoms with E-state index >= 15 is 0 Å². The average molecular weight is 333 g/mol. The van der Waals surface area contributed by atoms with Gasteiger partial charge in [-0.1, -0.05) is 29.3 Å². The number of hydrogen-bond donors (Lipinski definition) is 1. The highest BCUT2D eigenvalue weighted by atomic mass is 35.5. The quantitative estimate of drug-likeness (QED) is 0.674. The van der Waals surface area contributed by atoms with Crippen molar-refractivity contribution in [3.8, 4) is 11.5 Å². The van der Waals surface area contributed by atoms with Gasteiger partial charge in [-0.25, -0.2) is 5.43 Å². The van der Waals surface area contributed by atoms with E-state index in [1.165, 1.54) is 20.4 Å². The lowest BCUT2D eigenvalue weighted by Gasteiger charge is -2.09. The lowest BCUT2D eigenvalue weighted by molar-refractivity contribution is 0.0955. The van der Waals surface area contributed by atoms with E-state index in [2.05, 4.69) is 10.5 Å². The SMILES string of the molecule is COc1cc(Cl)c(/C=N\NC(=O)c2ccc(C)cc2)cc1OC. The lowest BCUT2D eigenvalue weighted by Crippen LogP contribution is -2.17. The minimum Gasteiger partial charge on any atom is -0.493 e. The van der Waals surface area contributed by atoms with Crippen LogP contribution in [0.3, 0.4) is 0 Å². The van der Waals surface area contributed by atoms with Crippen LogP contribution in [0.4, 0.5) is 0 Å². The fourth-order valence-corrected chi connectivity index (χ4v) is 2.10. The maximum absolute atomic E-state index is 12.0. The van der Waals surface area contributed by atoms with E-state index in [-0.39, 0.29) is 5.91 Å². The van der Waals surface area contributed by atoms with Gasteiger partial charge in [0.25, 0.3) is 5.91 Å². The molecule has 0 saturated heterocycles. The van der Waals surface area contributed by atoms with Crippen molar-refractivity contribution < 1.29 is 14.3 Å². The minimum absolute atomic E-state index is 0.294. The number of amides is 1. The second kappa shape index (κ2) is 7.65. The number of rotatable bonds is 5. The number of benzene rings is 2. The highest BCUT2D eigenvalue weighted by molar-refractivity contribution is 6.33. The maximum atomic E-state index is 12.0. The highest BCUT2D eigenvalue weighted by Crippen LogP contribution is 2.32. The molecule has 0 aliphatic rings. The predicted octanol–water partition coefficient (Wildman–Crippen LogP) is 3.43. The Morgan fingerprint density at radius 2 is 1.74 bits per heavy atom. The molecule has 2 aromatic carbocycles. The molecule has 2 rings (SSSR count). The van der Waals surface area contributed by atoms with Gasteiger partial charge < -0.3 is 9.47 Å². The number of carbonyl (C=O) groups is 1. The van der Waals surface area contributed by atoms with Crippen LogP contribution in [0.1, 0.15) is 21.5 Å². The Balaban J connectivity index is 2.11. The van der Waals surface area contributed by atoms with Gasteiger partial charge >= 0.3 is 0 Å². The van der Waals surface area contributed by atoms with E-state index in [4.69, 9.17) is 21.1 Å². The number of hydrazone groups is 1. The van der Waals surface area contributed by atoms with Crippen molar-refractivity contribution in [3.63, 3.8) is 0 Å². The average Bonchev–Trinajstić information content (AvgIpc) is 2.56.